The summed E-state index contributed by atoms with van der Waals surface area (Å²) in [6.07, 6.45) is 0.453. The number of aromatic hydroxyl groups is 2. The summed E-state index contributed by atoms with van der Waals surface area (Å²) in [5.74, 6) is -1.58. The smallest absolute Gasteiger partial charge is 0.230 e. The van der Waals surface area contributed by atoms with Gasteiger partial charge in [-0.05, 0) is 49.9 Å². The molecule has 1 aliphatic heterocycles. The van der Waals surface area contributed by atoms with Gasteiger partial charge in [-0.15, -0.1) is 0 Å². The lowest BCUT2D eigenvalue weighted by atomic mass is 9.97. The molecule has 7 heteroatoms. The molecule has 0 radical (unpaired) electrons. The van der Waals surface area contributed by atoms with Crippen molar-refractivity contribution in [1.82, 2.24) is 5.32 Å². The van der Waals surface area contributed by atoms with Crippen LogP contribution in [-0.4, -0.2) is 22.0 Å². The first-order valence-electron chi connectivity index (χ1n) is 5.12. The van der Waals surface area contributed by atoms with Crippen LogP contribution in [0.4, 0.5) is 0 Å². The number of rotatable bonds is 2. The van der Waals surface area contributed by atoms with Crippen LogP contribution in [0.15, 0.2) is 15.0 Å². The predicted octanol–water partition coefficient (Wildman–Crippen LogP) is 1.83. The lowest BCUT2D eigenvalue weighted by Gasteiger charge is -2.11. The van der Waals surface area contributed by atoms with Crippen molar-refractivity contribution in [3.63, 3.8) is 0 Å². The van der Waals surface area contributed by atoms with Gasteiger partial charge in [-0.2, -0.15) is 0 Å². The Morgan fingerprint density at radius 3 is 2.50 bits per heavy atom. The topological polar surface area (TPSA) is 86.6 Å². The molecule has 0 aliphatic carbocycles. The van der Waals surface area contributed by atoms with Crippen LogP contribution in [0.1, 0.15) is 12.0 Å². The van der Waals surface area contributed by atoms with E-state index in [-0.39, 0.29) is 29.7 Å². The number of phenolic OH excluding ortho intramolecular Hbond substituents is 2. The Balaban J connectivity index is 2.30. The van der Waals surface area contributed by atoms with E-state index in [9.17, 15) is 19.8 Å². The number of carbonyl (C=O) groups is 2. The summed E-state index contributed by atoms with van der Waals surface area (Å²) in [4.78, 5) is 22.6. The number of halogens is 2. The normalized spacial score (nSPS) is 19.1. The highest BCUT2D eigenvalue weighted by atomic mass is 79.9. The van der Waals surface area contributed by atoms with Gasteiger partial charge in [-0.3, -0.25) is 14.9 Å². The summed E-state index contributed by atoms with van der Waals surface area (Å²) in [5.41, 5.74) is 0.645. The van der Waals surface area contributed by atoms with Crippen molar-refractivity contribution in [2.75, 3.05) is 0 Å². The van der Waals surface area contributed by atoms with Crippen LogP contribution in [0.3, 0.4) is 0 Å². The Hall–Kier alpha value is -1.08. The SMILES string of the molecule is O=C1CC(Cc2cc(O)c(O)c(Br)c2Br)C(=O)N1. The number of phenols is 2. The van der Waals surface area contributed by atoms with Gasteiger partial charge < -0.3 is 10.2 Å². The number of nitrogens with one attached hydrogen (secondary N) is 1. The fourth-order valence-electron chi connectivity index (χ4n) is 1.84. The molecule has 0 saturated carbocycles. The molecular formula is C11H9Br2NO4. The molecular weight excluding hydrogens is 370 g/mol. The van der Waals surface area contributed by atoms with Crippen molar-refractivity contribution in [1.29, 1.82) is 0 Å². The van der Waals surface area contributed by atoms with Crippen molar-refractivity contribution in [3.05, 3.63) is 20.6 Å². The fraction of sp³-hybridized carbons (Fsp3) is 0.273. The maximum absolute atomic E-state index is 11.5. The minimum Gasteiger partial charge on any atom is -0.504 e. The Morgan fingerprint density at radius 2 is 1.94 bits per heavy atom. The first-order valence-corrected chi connectivity index (χ1v) is 6.71. The minimum absolute atomic E-state index is 0.143. The van der Waals surface area contributed by atoms with E-state index in [4.69, 9.17) is 0 Å². The molecule has 1 aromatic rings. The molecule has 3 N–H and O–H groups in total. The lowest BCUT2D eigenvalue weighted by molar-refractivity contribution is -0.125. The molecule has 1 atom stereocenters. The van der Waals surface area contributed by atoms with Gasteiger partial charge in [0.2, 0.25) is 11.8 Å². The van der Waals surface area contributed by atoms with E-state index in [1.54, 1.807) is 0 Å². The van der Waals surface area contributed by atoms with Gasteiger partial charge >= 0.3 is 0 Å². The number of imide groups is 1. The molecule has 2 amide bonds. The van der Waals surface area contributed by atoms with Crippen molar-refractivity contribution in [2.24, 2.45) is 5.92 Å². The standard InChI is InChI=1S/C11H9Br2NO4/c12-8-4(2-6(15)10(17)9(8)13)1-5-3-7(16)14-11(5)18/h2,5,15,17H,1,3H2,(H,14,16,18). The fourth-order valence-corrected chi connectivity index (χ4v) is 2.76. The first kappa shape index (κ1) is 13.4. The van der Waals surface area contributed by atoms with Crippen LogP contribution in [0, 0.1) is 5.92 Å². The van der Waals surface area contributed by atoms with E-state index in [1.807, 2.05) is 0 Å². The quantitative estimate of drug-likeness (QED) is 0.541. The maximum Gasteiger partial charge on any atom is 0.230 e. The Bertz CT molecular complexity index is 544. The highest BCUT2D eigenvalue weighted by Gasteiger charge is 2.31. The predicted molar refractivity (Wildman–Crippen MR) is 70.1 cm³/mol. The minimum atomic E-state index is -0.440. The van der Waals surface area contributed by atoms with E-state index >= 15 is 0 Å². The molecule has 0 spiro atoms. The highest BCUT2D eigenvalue weighted by Crippen LogP contribution is 2.42. The zero-order valence-corrected chi connectivity index (χ0v) is 12.2. The Morgan fingerprint density at radius 1 is 1.28 bits per heavy atom. The second-order valence-electron chi connectivity index (χ2n) is 4.05. The number of amides is 2. The molecule has 1 fully saturated rings. The molecule has 96 valence electrons. The van der Waals surface area contributed by atoms with E-state index in [0.717, 1.165) is 0 Å². The summed E-state index contributed by atoms with van der Waals surface area (Å²) in [7, 11) is 0. The van der Waals surface area contributed by atoms with Crippen LogP contribution in [0.2, 0.25) is 0 Å². The van der Waals surface area contributed by atoms with Crippen LogP contribution in [0.25, 0.3) is 0 Å². The lowest BCUT2D eigenvalue weighted by Crippen LogP contribution is -2.22. The summed E-state index contributed by atoms with van der Waals surface area (Å²) in [6.45, 7) is 0. The van der Waals surface area contributed by atoms with E-state index in [0.29, 0.717) is 20.9 Å². The molecule has 1 aromatic carbocycles. The molecule has 2 rings (SSSR count). The monoisotopic (exact) mass is 377 g/mol. The van der Waals surface area contributed by atoms with Crippen molar-refractivity contribution in [3.8, 4) is 11.5 Å². The van der Waals surface area contributed by atoms with Gasteiger partial charge in [0, 0.05) is 10.9 Å². The molecule has 18 heavy (non-hydrogen) atoms. The van der Waals surface area contributed by atoms with Crippen LogP contribution >= 0.6 is 31.9 Å². The summed E-state index contributed by atoms with van der Waals surface area (Å²) in [5, 5.41) is 21.3. The molecule has 5 nitrogen and oxygen atoms in total. The number of hydrogen-bond donors (Lipinski definition) is 3. The third-order valence-electron chi connectivity index (χ3n) is 2.77. The first-order chi connectivity index (χ1) is 8.40. The van der Waals surface area contributed by atoms with Crippen molar-refractivity contribution >= 4 is 43.7 Å². The highest BCUT2D eigenvalue weighted by molar-refractivity contribution is 9.13. The van der Waals surface area contributed by atoms with Gasteiger partial charge in [0.25, 0.3) is 0 Å². The van der Waals surface area contributed by atoms with Crippen LogP contribution in [0.5, 0.6) is 11.5 Å². The molecule has 0 bridgehead atoms. The van der Waals surface area contributed by atoms with Gasteiger partial charge in [-0.25, -0.2) is 0 Å². The third kappa shape index (κ3) is 2.37. The molecule has 1 heterocycles. The van der Waals surface area contributed by atoms with Crippen molar-refractivity contribution < 1.29 is 19.8 Å². The number of carbonyl (C=O) groups excluding carboxylic acids is 2. The van der Waals surface area contributed by atoms with Gasteiger partial charge in [0.15, 0.2) is 11.5 Å². The average molecular weight is 379 g/mol. The molecule has 1 aliphatic rings. The van der Waals surface area contributed by atoms with Gasteiger partial charge in [-0.1, -0.05) is 0 Å². The summed E-state index contributed by atoms with van der Waals surface area (Å²) < 4.78 is 0.882. The Labute approximate surface area is 119 Å². The van der Waals surface area contributed by atoms with Crippen LogP contribution < -0.4 is 5.32 Å². The van der Waals surface area contributed by atoms with Gasteiger partial charge in [0.1, 0.15) is 0 Å². The largest absolute Gasteiger partial charge is 0.504 e. The Kier molecular flexibility index (Phi) is 3.63. The number of benzene rings is 1. The summed E-state index contributed by atoms with van der Waals surface area (Å²) in [6, 6.07) is 1.38. The summed E-state index contributed by atoms with van der Waals surface area (Å²) >= 11 is 6.41. The molecule has 1 saturated heterocycles. The molecule has 1 unspecified atom stereocenters. The zero-order valence-electron chi connectivity index (χ0n) is 9.04. The second-order valence-corrected chi connectivity index (χ2v) is 5.63. The number of hydrogen-bond acceptors (Lipinski definition) is 4. The maximum atomic E-state index is 11.5. The second kappa shape index (κ2) is 4.89. The average Bonchev–Trinajstić information content (AvgIpc) is 2.62. The van der Waals surface area contributed by atoms with Crippen molar-refractivity contribution in [2.45, 2.75) is 12.8 Å². The zero-order chi connectivity index (χ0) is 13.4. The molecule has 0 aromatic heterocycles. The van der Waals surface area contributed by atoms with E-state index in [2.05, 4.69) is 37.2 Å². The van der Waals surface area contributed by atoms with Crippen LogP contribution in [-0.2, 0) is 16.0 Å². The van der Waals surface area contributed by atoms with E-state index < -0.39 is 5.92 Å². The third-order valence-corrected chi connectivity index (χ3v) is 4.98. The van der Waals surface area contributed by atoms with Gasteiger partial charge in [0.05, 0.1) is 10.4 Å². The van der Waals surface area contributed by atoms with E-state index in [1.165, 1.54) is 6.07 Å².